The van der Waals surface area contributed by atoms with Crippen molar-refractivity contribution >= 4 is 46.1 Å². The Balaban J connectivity index is 1.49. The van der Waals surface area contributed by atoms with Gasteiger partial charge in [0.1, 0.15) is 30.3 Å². The molecule has 0 aliphatic carbocycles. The molecule has 2 heterocycles. The van der Waals surface area contributed by atoms with Gasteiger partial charge >= 0.3 is 6.03 Å². The van der Waals surface area contributed by atoms with Gasteiger partial charge in [0.25, 0.3) is 5.91 Å². The van der Waals surface area contributed by atoms with Crippen LogP contribution >= 0.6 is 34.2 Å². The summed E-state index contributed by atoms with van der Waals surface area (Å²) in [5.74, 6) is 0.696. The minimum atomic E-state index is -0.844. The number of H-pyrrole nitrogens is 1. The van der Waals surface area contributed by atoms with E-state index < -0.39 is 18.1 Å². The fourth-order valence-corrected chi connectivity index (χ4v) is 5.61. The highest BCUT2D eigenvalue weighted by atomic mass is 127. The molecule has 1 saturated heterocycles. The Bertz CT molecular complexity index is 1490. The molecule has 3 aromatic carbocycles. The Hall–Kier alpha value is -3.41. The van der Waals surface area contributed by atoms with E-state index >= 15 is 0 Å². The second-order valence-electron chi connectivity index (χ2n) is 9.16. The number of carbonyl (C=O) groups excluding carboxylic acids is 2. The smallest absolute Gasteiger partial charge is 0.325 e. The number of nitrogens with zero attached hydrogens (tertiary/aromatic N) is 2. The van der Waals surface area contributed by atoms with Crippen molar-refractivity contribution in [3.05, 3.63) is 104 Å². The number of ether oxygens (including phenoxy) is 1. The Labute approximate surface area is 244 Å². The van der Waals surface area contributed by atoms with Crippen LogP contribution < -0.4 is 10.1 Å². The van der Waals surface area contributed by atoms with Gasteiger partial charge in [0, 0.05) is 21.2 Å². The summed E-state index contributed by atoms with van der Waals surface area (Å²) < 4.78 is 6.42. The van der Waals surface area contributed by atoms with Gasteiger partial charge in [-0.3, -0.25) is 9.69 Å². The van der Waals surface area contributed by atoms with E-state index in [1.54, 1.807) is 24.3 Å². The molecule has 4 aromatic rings. The van der Waals surface area contributed by atoms with Crippen molar-refractivity contribution in [1.29, 1.82) is 0 Å². The van der Waals surface area contributed by atoms with Crippen LogP contribution in [0.4, 0.5) is 4.79 Å². The predicted molar refractivity (Wildman–Crippen MR) is 157 cm³/mol. The molecule has 10 heteroatoms. The van der Waals surface area contributed by atoms with Gasteiger partial charge < -0.3 is 20.1 Å². The number of amides is 3. The molecule has 3 N–H and O–H groups in total. The summed E-state index contributed by atoms with van der Waals surface area (Å²) in [5, 5.41) is 12.4. The van der Waals surface area contributed by atoms with Crippen molar-refractivity contribution in [3.63, 3.8) is 0 Å². The van der Waals surface area contributed by atoms with E-state index in [-0.39, 0.29) is 19.1 Å². The van der Waals surface area contributed by atoms with Crippen LogP contribution in [0.3, 0.4) is 0 Å². The molecule has 0 bridgehead atoms. The third kappa shape index (κ3) is 5.80. The maximum absolute atomic E-state index is 13.7. The van der Waals surface area contributed by atoms with Crippen molar-refractivity contribution in [1.82, 2.24) is 20.2 Å². The summed E-state index contributed by atoms with van der Waals surface area (Å²) in [6.07, 6.45) is 0.382. The molecule has 0 spiro atoms. The minimum Gasteiger partial charge on any atom is -0.491 e. The van der Waals surface area contributed by atoms with E-state index in [9.17, 15) is 9.59 Å². The Kier molecular flexibility index (Phi) is 8.20. The average Bonchev–Trinajstić information content (AvgIpc) is 3.45. The fourth-order valence-electron chi connectivity index (χ4n) is 4.67. The fraction of sp³-hybridized carbons (Fsp3) is 0.207. The van der Waals surface area contributed by atoms with Gasteiger partial charge in [0.15, 0.2) is 0 Å². The summed E-state index contributed by atoms with van der Waals surface area (Å²) in [5.41, 5.74) is 3.82. The molecule has 3 amide bonds. The number of nitrogens with one attached hydrogen (secondary N) is 2. The highest BCUT2D eigenvalue weighted by molar-refractivity contribution is 14.1. The number of hydrogen-bond acceptors (Lipinski definition) is 5. The number of carbonyl (C=O) groups is 2. The van der Waals surface area contributed by atoms with Crippen LogP contribution in [0.15, 0.2) is 72.8 Å². The van der Waals surface area contributed by atoms with Gasteiger partial charge in [-0.05, 0) is 64.9 Å². The van der Waals surface area contributed by atoms with Gasteiger partial charge in [-0.2, -0.15) is 0 Å². The van der Waals surface area contributed by atoms with Crippen LogP contribution in [-0.2, 0) is 11.2 Å². The monoisotopic (exact) mass is 656 g/mol. The van der Waals surface area contributed by atoms with E-state index in [0.717, 1.165) is 20.4 Å². The maximum atomic E-state index is 13.7. The van der Waals surface area contributed by atoms with Crippen LogP contribution in [0.5, 0.6) is 5.75 Å². The summed E-state index contributed by atoms with van der Waals surface area (Å²) >= 11 is 8.75. The van der Waals surface area contributed by atoms with Crippen LogP contribution in [0.1, 0.15) is 34.7 Å². The van der Waals surface area contributed by atoms with Gasteiger partial charge in [-0.15, -0.1) is 0 Å². The van der Waals surface area contributed by atoms with Crippen LogP contribution in [0.25, 0.3) is 11.3 Å². The first-order valence-electron chi connectivity index (χ1n) is 12.4. The lowest BCUT2D eigenvalue weighted by Crippen LogP contribution is -2.36. The summed E-state index contributed by atoms with van der Waals surface area (Å²) in [7, 11) is 0. The molecule has 39 heavy (non-hydrogen) atoms. The first-order chi connectivity index (χ1) is 18.9. The Morgan fingerprint density at radius 3 is 2.54 bits per heavy atom. The Morgan fingerprint density at radius 2 is 1.85 bits per heavy atom. The van der Waals surface area contributed by atoms with Gasteiger partial charge in [0.2, 0.25) is 0 Å². The second kappa shape index (κ2) is 11.8. The van der Waals surface area contributed by atoms with Crippen molar-refractivity contribution < 1.29 is 19.4 Å². The lowest BCUT2D eigenvalue weighted by molar-refractivity contribution is -0.129. The molecule has 1 fully saturated rings. The van der Waals surface area contributed by atoms with Crippen molar-refractivity contribution in [2.45, 2.75) is 25.4 Å². The first kappa shape index (κ1) is 27.2. The van der Waals surface area contributed by atoms with Crippen LogP contribution in [-0.4, -0.2) is 45.1 Å². The molecule has 0 radical (unpaired) electrons. The van der Waals surface area contributed by atoms with Gasteiger partial charge in [-0.1, -0.05) is 60.1 Å². The number of aromatic amines is 1. The number of imidazole rings is 1. The number of benzene rings is 3. The third-order valence-corrected chi connectivity index (χ3v) is 7.52. The van der Waals surface area contributed by atoms with Gasteiger partial charge in [-0.25, -0.2) is 9.78 Å². The van der Waals surface area contributed by atoms with E-state index in [1.807, 2.05) is 55.5 Å². The number of aliphatic hydroxyl groups excluding tert-OH is 1. The number of urea groups is 1. The zero-order chi connectivity index (χ0) is 27.5. The standard InChI is InChI=1S/C29H26ClIN4O4/c1-17-25(22-12-9-20(31)16-23(22)30)33-27(32-17)24(15-18-5-3-2-4-6-18)35-28(37)26(34-29(35)38)19-7-10-21(11-8-19)39-14-13-36/h2-12,16,24,26,36H,13-15H2,1H3,(H,32,33)(H,34,38)/t24-,26?/m0/s1. The number of aromatic nitrogens is 2. The van der Waals surface area contributed by atoms with Crippen molar-refractivity contribution in [3.8, 4) is 17.0 Å². The molecular weight excluding hydrogens is 631 g/mol. The van der Waals surface area contributed by atoms with Gasteiger partial charge in [0.05, 0.1) is 17.3 Å². The quantitative estimate of drug-likeness (QED) is 0.161. The maximum Gasteiger partial charge on any atom is 0.325 e. The average molecular weight is 657 g/mol. The topological polar surface area (TPSA) is 108 Å². The SMILES string of the molecule is Cc1[nH]c([C@H](Cc2ccccc2)N2C(=O)NC(c3ccc(OCCO)cc3)C2=O)nc1-c1ccc(I)cc1Cl. The summed E-state index contributed by atoms with van der Waals surface area (Å²) in [4.78, 5) is 36.5. The normalized spacial score (nSPS) is 15.9. The van der Waals surface area contributed by atoms with Crippen LogP contribution in [0, 0.1) is 10.5 Å². The zero-order valence-corrected chi connectivity index (χ0v) is 23.9. The van der Waals surface area contributed by atoms with E-state index in [4.69, 9.17) is 26.4 Å². The molecule has 2 atom stereocenters. The van der Waals surface area contributed by atoms with E-state index in [1.165, 1.54) is 4.90 Å². The lowest BCUT2D eigenvalue weighted by Gasteiger charge is -2.24. The third-order valence-electron chi connectivity index (χ3n) is 6.53. The summed E-state index contributed by atoms with van der Waals surface area (Å²) in [6, 6.07) is 20.3. The van der Waals surface area contributed by atoms with Crippen molar-refractivity contribution in [2.24, 2.45) is 0 Å². The summed E-state index contributed by atoms with van der Waals surface area (Å²) in [6.45, 7) is 1.97. The lowest BCUT2D eigenvalue weighted by atomic mass is 10.0. The highest BCUT2D eigenvalue weighted by Gasteiger charge is 2.44. The number of rotatable bonds is 9. The number of aryl methyl sites for hydroxylation is 1. The first-order valence-corrected chi connectivity index (χ1v) is 13.8. The van der Waals surface area contributed by atoms with E-state index in [2.05, 4.69) is 32.9 Å². The minimum absolute atomic E-state index is 0.0968. The van der Waals surface area contributed by atoms with Crippen LogP contribution in [0.2, 0.25) is 5.02 Å². The molecule has 200 valence electrons. The number of aliphatic hydroxyl groups is 1. The zero-order valence-electron chi connectivity index (χ0n) is 21.0. The Morgan fingerprint density at radius 1 is 1.10 bits per heavy atom. The number of halogens is 2. The molecule has 1 aromatic heterocycles. The predicted octanol–water partition coefficient (Wildman–Crippen LogP) is 5.59. The molecule has 1 unspecified atom stereocenters. The number of hydrogen-bond donors (Lipinski definition) is 3. The molecule has 1 aliphatic heterocycles. The second-order valence-corrected chi connectivity index (χ2v) is 10.8. The highest BCUT2D eigenvalue weighted by Crippen LogP contribution is 2.35. The molecule has 1 aliphatic rings. The molecule has 5 rings (SSSR count). The molecule has 8 nitrogen and oxygen atoms in total. The largest absolute Gasteiger partial charge is 0.491 e. The van der Waals surface area contributed by atoms with Crippen molar-refractivity contribution in [2.75, 3.05) is 13.2 Å². The molecular formula is C29H26ClIN4O4. The number of imide groups is 1. The van der Waals surface area contributed by atoms with E-state index in [0.29, 0.717) is 34.3 Å². The molecule has 0 saturated carbocycles.